The van der Waals surface area contributed by atoms with Crippen molar-refractivity contribution in [3.63, 3.8) is 0 Å². The molecule has 2 aromatic rings. The van der Waals surface area contributed by atoms with Gasteiger partial charge in [0.15, 0.2) is 5.96 Å². The molecule has 2 rings (SSSR count). The number of anilines is 1. The van der Waals surface area contributed by atoms with E-state index in [2.05, 4.69) is 78.7 Å². The summed E-state index contributed by atoms with van der Waals surface area (Å²) in [5, 5.41) is 10.9. The second kappa shape index (κ2) is 9.27. The van der Waals surface area contributed by atoms with Gasteiger partial charge in [0.1, 0.15) is 5.76 Å². The third kappa shape index (κ3) is 4.77. The van der Waals surface area contributed by atoms with Crippen LogP contribution in [0.3, 0.4) is 0 Å². The zero-order valence-electron chi connectivity index (χ0n) is 16.8. The lowest BCUT2D eigenvalue weighted by molar-refractivity contribution is 0.380. The van der Waals surface area contributed by atoms with Crippen molar-refractivity contribution in [3.05, 3.63) is 46.3 Å². The van der Waals surface area contributed by atoms with Gasteiger partial charge in [0, 0.05) is 51.9 Å². The van der Waals surface area contributed by atoms with Gasteiger partial charge in [-0.3, -0.25) is 4.99 Å². The van der Waals surface area contributed by atoms with Crippen LogP contribution in [0.1, 0.15) is 42.0 Å². The van der Waals surface area contributed by atoms with Gasteiger partial charge in [0.25, 0.3) is 0 Å². The molecule has 0 atom stereocenters. The molecule has 0 saturated carbocycles. The molecule has 0 spiro atoms. The SMILES string of the molecule is CCc1noc(CC)c1CNC(=NC)NCc1ccc(N(C)C)cc1C. The molecule has 1 aromatic heterocycles. The summed E-state index contributed by atoms with van der Waals surface area (Å²) in [6.45, 7) is 7.70. The van der Waals surface area contributed by atoms with E-state index in [9.17, 15) is 0 Å². The number of hydrogen-bond donors (Lipinski definition) is 2. The van der Waals surface area contributed by atoms with Gasteiger partial charge in [0.05, 0.1) is 5.69 Å². The summed E-state index contributed by atoms with van der Waals surface area (Å²) in [5.74, 6) is 1.71. The van der Waals surface area contributed by atoms with Gasteiger partial charge in [-0.25, -0.2) is 0 Å². The van der Waals surface area contributed by atoms with Crippen LogP contribution >= 0.6 is 0 Å². The first kappa shape index (κ1) is 19.8. The minimum atomic E-state index is 0.661. The highest BCUT2D eigenvalue weighted by atomic mass is 16.5. The smallest absolute Gasteiger partial charge is 0.191 e. The standard InChI is InChI=1S/C20H31N5O/c1-7-18-17(19(8-2)26-24-18)13-23-20(21-4)22-12-15-9-10-16(25(5)6)11-14(15)3/h9-11H,7-8,12-13H2,1-6H3,(H2,21,22,23). The Labute approximate surface area is 156 Å². The lowest BCUT2D eigenvalue weighted by Crippen LogP contribution is -2.36. The van der Waals surface area contributed by atoms with Crippen molar-refractivity contribution < 1.29 is 4.52 Å². The lowest BCUT2D eigenvalue weighted by Gasteiger charge is -2.16. The minimum Gasteiger partial charge on any atom is -0.378 e. The summed E-state index contributed by atoms with van der Waals surface area (Å²) in [4.78, 5) is 6.44. The quantitative estimate of drug-likeness (QED) is 0.589. The summed E-state index contributed by atoms with van der Waals surface area (Å²) < 4.78 is 5.42. The Morgan fingerprint density at radius 1 is 1.15 bits per heavy atom. The first-order valence-corrected chi connectivity index (χ1v) is 9.17. The Morgan fingerprint density at radius 2 is 1.88 bits per heavy atom. The summed E-state index contributed by atoms with van der Waals surface area (Å²) >= 11 is 0. The lowest BCUT2D eigenvalue weighted by atomic mass is 10.1. The normalized spacial score (nSPS) is 11.5. The molecule has 26 heavy (non-hydrogen) atoms. The second-order valence-electron chi connectivity index (χ2n) is 6.52. The number of nitrogens with zero attached hydrogens (tertiary/aromatic N) is 3. The summed E-state index contributed by atoms with van der Waals surface area (Å²) in [5.41, 5.74) is 5.89. The van der Waals surface area contributed by atoms with Gasteiger partial charge in [0.2, 0.25) is 0 Å². The molecule has 0 bridgehead atoms. The van der Waals surface area contributed by atoms with Crippen molar-refractivity contribution in [3.8, 4) is 0 Å². The largest absolute Gasteiger partial charge is 0.378 e. The van der Waals surface area contributed by atoms with E-state index in [-0.39, 0.29) is 0 Å². The number of aromatic nitrogens is 1. The Balaban J connectivity index is 1.98. The van der Waals surface area contributed by atoms with Gasteiger partial charge >= 0.3 is 0 Å². The van der Waals surface area contributed by atoms with Gasteiger partial charge in [-0.05, 0) is 36.6 Å². The van der Waals surface area contributed by atoms with Crippen LogP contribution in [-0.2, 0) is 25.9 Å². The molecule has 6 nitrogen and oxygen atoms in total. The van der Waals surface area contributed by atoms with Crippen LogP contribution < -0.4 is 15.5 Å². The van der Waals surface area contributed by atoms with E-state index in [1.807, 2.05) is 0 Å². The molecule has 1 heterocycles. The fourth-order valence-corrected chi connectivity index (χ4v) is 2.87. The number of aliphatic imine (C=N–C) groups is 1. The molecule has 0 amide bonds. The summed E-state index contributed by atoms with van der Waals surface area (Å²) in [6.07, 6.45) is 1.71. The molecular formula is C20H31N5O. The number of aryl methyl sites for hydroxylation is 3. The van der Waals surface area contributed by atoms with Gasteiger partial charge in [-0.2, -0.15) is 0 Å². The highest BCUT2D eigenvalue weighted by Crippen LogP contribution is 2.17. The molecule has 0 unspecified atom stereocenters. The molecule has 0 aliphatic heterocycles. The van der Waals surface area contributed by atoms with Gasteiger partial charge in [-0.1, -0.05) is 25.1 Å². The maximum atomic E-state index is 5.42. The third-order valence-electron chi connectivity index (χ3n) is 4.55. The monoisotopic (exact) mass is 357 g/mol. The fraction of sp³-hybridized carbons (Fsp3) is 0.500. The van der Waals surface area contributed by atoms with Crippen LogP contribution in [0.2, 0.25) is 0 Å². The van der Waals surface area contributed by atoms with Crippen molar-refractivity contribution in [2.45, 2.75) is 46.7 Å². The predicted molar refractivity (Wildman–Crippen MR) is 108 cm³/mol. The van der Waals surface area contributed by atoms with Crippen LogP contribution in [0.5, 0.6) is 0 Å². The number of benzene rings is 1. The van der Waals surface area contributed by atoms with Gasteiger partial charge < -0.3 is 20.1 Å². The summed E-state index contributed by atoms with van der Waals surface area (Å²) in [7, 11) is 5.89. The average molecular weight is 358 g/mol. The molecule has 0 aliphatic carbocycles. The van der Waals surface area contributed by atoms with Crippen LogP contribution in [0.4, 0.5) is 5.69 Å². The van der Waals surface area contributed by atoms with E-state index in [0.717, 1.165) is 42.4 Å². The van der Waals surface area contributed by atoms with Crippen molar-refractivity contribution >= 4 is 11.6 Å². The maximum absolute atomic E-state index is 5.42. The molecule has 2 N–H and O–H groups in total. The molecule has 0 radical (unpaired) electrons. The molecule has 0 fully saturated rings. The first-order chi connectivity index (χ1) is 12.5. The van der Waals surface area contributed by atoms with Crippen LogP contribution in [0.25, 0.3) is 0 Å². The Bertz CT molecular complexity index is 727. The predicted octanol–water partition coefficient (Wildman–Crippen LogP) is 3.04. The highest BCUT2D eigenvalue weighted by Gasteiger charge is 2.13. The molecule has 142 valence electrons. The summed E-state index contributed by atoms with van der Waals surface area (Å²) in [6, 6.07) is 6.50. The Hall–Kier alpha value is -2.50. The van der Waals surface area contributed by atoms with E-state index in [4.69, 9.17) is 4.52 Å². The van der Waals surface area contributed by atoms with Crippen molar-refractivity contribution in [1.82, 2.24) is 15.8 Å². The molecule has 0 aliphatic rings. The van der Waals surface area contributed by atoms with E-state index >= 15 is 0 Å². The zero-order chi connectivity index (χ0) is 19.1. The topological polar surface area (TPSA) is 65.7 Å². The number of rotatable bonds is 7. The van der Waals surface area contributed by atoms with Crippen LogP contribution in [0.15, 0.2) is 27.7 Å². The van der Waals surface area contributed by atoms with Crippen LogP contribution in [0, 0.1) is 6.92 Å². The number of hydrogen-bond acceptors (Lipinski definition) is 4. The van der Waals surface area contributed by atoms with Gasteiger partial charge in [-0.15, -0.1) is 0 Å². The molecular weight excluding hydrogens is 326 g/mol. The van der Waals surface area contributed by atoms with Crippen molar-refractivity contribution in [1.29, 1.82) is 0 Å². The highest BCUT2D eigenvalue weighted by molar-refractivity contribution is 5.79. The molecule has 6 heteroatoms. The Kier molecular flexibility index (Phi) is 7.06. The zero-order valence-corrected chi connectivity index (χ0v) is 16.8. The third-order valence-corrected chi connectivity index (χ3v) is 4.55. The van der Waals surface area contributed by atoms with E-state index < -0.39 is 0 Å². The van der Waals surface area contributed by atoms with Crippen molar-refractivity contribution in [2.75, 3.05) is 26.0 Å². The van der Waals surface area contributed by atoms with Crippen molar-refractivity contribution in [2.24, 2.45) is 4.99 Å². The molecule has 1 aromatic carbocycles. The second-order valence-corrected chi connectivity index (χ2v) is 6.52. The average Bonchev–Trinajstić information content (AvgIpc) is 3.04. The van der Waals surface area contributed by atoms with E-state index in [1.165, 1.54) is 16.8 Å². The maximum Gasteiger partial charge on any atom is 0.191 e. The minimum absolute atomic E-state index is 0.661. The van der Waals surface area contributed by atoms with Crippen LogP contribution in [-0.4, -0.2) is 32.3 Å². The number of nitrogens with one attached hydrogen (secondary N) is 2. The fourth-order valence-electron chi connectivity index (χ4n) is 2.87. The van der Waals surface area contributed by atoms with E-state index in [0.29, 0.717) is 6.54 Å². The van der Waals surface area contributed by atoms with E-state index in [1.54, 1.807) is 7.05 Å². The Morgan fingerprint density at radius 3 is 2.46 bits per heavy atom. The number of guanidine groups is 1. The first-order valence-electron chi connectivity index (χ1n) is 9.17. The molecule has 0 saturated heterocycles.